The maximum Gasteiger partial charge on any atom is 0.295 e. The van der Waals surface area contributed by atoms with Gasteiger partial charge in [0.25, 0.3) is 6.01 Å². The van der Waals surface area contributed by atoms with Gasteiger partial charge >= 0.3 is 0 Å². The number of aliphatic hydroxyl groups excluding tert-OH is 1. The second-order valence-corrected chi connectivity index (χ2v) is 11.6. The van der Waals surface area contributed by atoms with E-state index in [0.29, 0.717) is 40.9 Å². The molecule has 2 fully saturated rings. The molecule has 2 aliphatic carbocycles. The third kappa shape index (κ3) is 3.75. The minimum atomic E-state index is -0.574. The molecule has 38 heavy (non-hydrogen) atoms. The number of imidazole rings is 1. The first-order chi connectivity index (χ1) is 18.4. The molecule has 7 rings (SSSR count). The van der Waals surface area contributed by atoms with Gasteiger partial charge in [0.1, 0.15) is 17.2 Å². The van der Waals surface area contributed by atoms with E-state index < -0.39 is 6.10 Å². The van der Waals surface area contributed by atoms with Crippen LogP contribution in [0.3, 0.4) is 0 Å². The molecule has 1 aliphatic heterocycles. The fraction of sp³-hybridized carbons (Fsp3) is 0.467. The van der Waals surface area contributed by atoms with Crippen LogP contribution in [0.5, 0.6) is 0 Å². The Morgan fingerprint density at radius 3 is 2.97 bits per heavy atom. The molecule has 3 heterocycles. The second-order valence-electron chi connectivity index (χ2n) is 11.6. The number of anilines is 1. The number of nitrogens with one attached hydrogen (secondary N) is 1. The second kappa shape index (κ2) is 8.90. The third-order valence-corrected chi connectivity index (χ3v) is 9.63. The summed E-state index contributed by atoms with van der Waals surface area (Å²) in [6.07, 6.45) is 9.35. The number of rotatable bonds is 6. The van der Waals surface area contributed by atoms with Gasteiger partial charge in [-0.15, -0.1) is 0 Å². The first kappa shape index (κ1) is 23.8. The molecule has 2 N–H and O–H groups in total. The number of hydrogen-bond acceptors (Lipinski definition) is 5. The summed E-state index contributed by atoms with van der Waals surface area (Å²) in [6.45, 7) is 2.17. The number of nitrogens with zero attached hydrogens (tertiary/aromatic N) is 3. The van der Waals surface area contributed by atoms with Crippen LogP contribution in [-0.4, -0.2) is 31.8 Å². The lowest BCUT2D eigenvalue weighted by Crippen LogP contribution is -2.49. The Kier molecular flexibility index (Phi) is 5.58. The molecule has 2 bridgehead atoms. The summed E-state index contributed by atoms with van der Waals surface area (Å²) in [6, 6.07) is 9.89. The smallest absolute Gasteiger partial charge is 0.295 e. The van der Waals surface area contributed by atoms with Crippen LogP contribution in [0.4, 0.5) is 14.8 Å². The van der Waals surface area contributed by atoms with Crippen molar-refractivity contribution in [2.75, 3.05) is 5.32 Å². The summed E-state index contributed by atoms with van der Waals surface area (Å²) < 4.78 is 36.6. The van der Waals surface area contributed by atoms with E-state index in [-0.39, 0.29) is 29.1 Å². The Morgan fingerprint density at radius 2 is 2.11 bits per heavy atom. The molecule has 0 spiro atoms. The van der Waals surface area contributed by atoms with Crippen molar-refractivity contribution in [3.8, 4) is 11.3 Å². The number of aromatic nitrogens is 3. The fourth-order valence-corrected chi connectivity index (χ4v) is 7.75. The number of halogens is 2. The van der Waals surface area contributed by atoms with Gasteiger partial charge in [-0.05, 0) is 80.4 Å². The predicted octanol–water partition coefficient (Wildman–Crippen LogP) is 6.71. The van der Waals surface area contributed by atoms with Crippen LogP contribution in [0.15, 0.2) is 53.3 Å². The van der Waals surface area contributed by atoms with Crippen molar-refractivity contribution in [1.29, 1.82) is 0 Å². The summed E-state index contributed by atoms with van der Waals surface area (Å²) in [5, 5.41) is 15.4. The topological polar surface area (TPSA) is 76.1 Å². The number of fused-ring (bicyclic) bond motifs is 6. The van der Waals surface area contributed by atoms with Gasteiger partial charge in [-0.25, -0.2) is 13.8 Å². The van der Waals surface area contributed by atoms with E-state index in [4.69, 9.17) is 4.42 Å². The van der Waals surface area contributed by atoms with E-state index in [0.717, 1.165) is 49.8 Å². The standard InChI is InChI=1S/C30H32F2N4O2/c1-2-30(27(37)12-24-28-20(4-3-5-21(28)32)25-15-33-16-36(24)25)13-17-6-8-22(18(10-17)14-30)34-29-35-23-11-19(31)7-9-26(23)38-29/h3-5,7,9,11,15-18,22,24,27,37H,2,6,8,10,12-14H2,1H3,(H,34,35). The molecule has 198 valence electrons. The van der Waals surface area contributed by atoms with Gasteiger partial charge in [-0.1, -0.05) is 19.1 Å². The highest BCUT2D eigenvalue weighted by molar-refractivity contribution is 5.74. The molecule has 8 heteroatoms. The highest BCUT2D eigenvalue weighted by Crippen LogP contribution is 2.55. The van der Waals surface area contributed by atoms with Gasteiger partial charge in [0.05, 0.1) is 30.4 Å². The molecule has 2 aromatic heterocycles. The van der Waals surface area contributed by atoms with Crippen molar-refractivity contribution in [2.24, 2.45) is 17.3 Å². The molecule has 4 aromatic rings. The van der Waals surface area contributed by atoms with Crippen molar-refractivity contribution in [1.82, 2.24) is 14.5 Å². The van der Waals surface area contributed by atoms with Crippen LogP contribution in [-0.2, 0) is 0 Å². The lowest BCUT2D eigenvalue weighted by atomic mass is 9.56. The van der Waals surface area contributed by atoms with Gasteiger partial charge < -0.3 is 19.4 Å². The van der Waals surface area contributed by atoms with Crippen molar-refractivity contribution >= 4 is 17.1 Å². The summed E-state index contributed by atoms with van der Waals surface area (Å²) in [5.74, 6) is 0.354. The molecule has 0 saturated heterocycles. The molecule has 2 saturated carbocycles. The Labute approximate surface area is 220 Å². The van der Waals surface area contributed by atoms with Crippen molar-refractivity contribution < 1.29 is 18.3 Å². The fourth-order valence-electron chi connectivity index (χ4n) is 7.75. The Hall–Kier alpha value is -3.26. The number of oxazole rings is 1. The Bertz CT molecular complexity index is 1500. The summed E-state index contributed by atoms with van der Waals surface area (Å²) in [5.41, 5.74) is 3.27. The van der Waals surface area contributed by atoms with Crippen molar-refractivity contribution in [3.63, 3.8) is 0 Å². The average molecular weight is 519 g/mol. The molecular weight excluding hydrogens is 486 g/mol. The summed E-state index contributed by atoms with van der Waals surface area (Å²) in [7, 11) is 0. The van der Waals surface area contributed by atoms with Crippen LogP contribution in [0, 0.1) is 28.9 Å². The van der Waals surface area contributed by atoms with E-state index >= 15 is 4.39 Å². The lowest BCUT2D eigenvalue weighted by molar-refractivity contribution is -0.0630. The number of hydrogen-bond donors (Lipinski definition) is 2. The van der Waals surface area contributed by atoms with E-state index in [1.54, 1.807) is 24.7 Å². The zero-order chi connectivity index (χ0) is 26.0. The highest BCUT2D eigenvalue weighted by Gasteiger charge is 2.49. The van der Waals surface area contributed by atoms with Crippen LogP contribution < -0.4 is 5.32 Å². The van der Waals surface area contributed by atoms with E-state index in [2.05, 4.69) is 22.2 Å². The molecular formula is C30H32F2N4O2. The average Bonchev–Trinajstić information content (AvgIpc) is 3.61. The van der Waals surface area contributed by atoms with Crippen LogP contribution in [0.2, 0.25) is 0 Å². The third-order valence-electron chi connectivity index (χ3n) is 9.63. The maximum atomic E-state index is 15.0. The van der Waals surface area contributed by atoms with E-state index in [9.17, 15) is 9.50 Å². The summed E-state index contributed by atoms with van der Waals surface area (Å²) in [4.78, 5) is 8.78. The summed E-state index contributed by atoms with van der Waals surface area (Å²) >= 11 is 0. The first-order valence-corrected chi connectivity index (χ1v) is 13.8. The predicted molar refractivity (Wildman–Crippen MR) is 141 cm³/mol. The zero-order valence-corrected chi connectivity index (χ0v) is 21.4. The normalized spacial score (nSPS) is 28.7. The molecule has 0 amide bonds. The van der Waals surface area contributed by atoms with Crippen molar-refractivity contribution in [3.05, 3.63) is 66.1 Å². The zero-order valence-electron chi connectivity index (χ0n) is 21.4. The molecule has 3 aliphatic rings. The van der Waals surface area contributed by atoms with Gasteiger partial charge in [0.2, 0.25) is 0 Å². The lowest BCUT2D eigenvalue weighted by Gasteiger charge is -2.52. The van der Waals surface area contributed by atoms with Gasteiger partial charge in [0.15, 0.2) is 5.58 Å². The molecule has 2 aromatic carbocycles. The SMILES string of the molecule is CCC1(C(O)CC2c3c(F)cccc3-c3cncn32)CC2CCC(Nc3nc4cc(F)ccc4o3)C(C2)C1. The van der Waals surface area contributed by atoms with Gasteiger partial charge in [-0.3, -0.25) is 0 Å². The molecule has 6 unspecified atom stereocenters. The Morgan fingerprint density at radius 1 is 1.21 bits per heavy atom. The largest absolute Gasteiger partial charge is 0.424 e. The molecule has 6 nitrogen and oxygen atoms in total. The highest BCUT2D eigenvalue weighted by atomic mass is 19.1. The quantitative estimate of drug-likeness (QED) is 0.297. The van der Waals surface area contributed by atoms with E-state index in [1.165, 1.54) is 18.2 Å². The van der Waals surface area contributed by atoms with E-state index in [1.807, 2.05) is 10.6 Å². The van der Waals surface area contributed by atoms with Crippen molar-refractivity contribution in [2.45, 2.75) is 70.1 Å². The van der Waals surface area contributed by atoms with Crippen LogP contribution >= 0.6 is 0 Å². The minimum absolute atomic E-state index is 0.174. The maximum absolute atomic E-state index is 15.0. The van der Waals surface area contributed by atoms with Gasteiger partial charge in [-0.2, -0.15) is 4.98 Å². The first-order valence-electron chi connectivity index (χ1n) is 13.8. The molecule has 0 radical (unpaired) electrons. The number of benzene rings is 2. The van der Waals surface area contributed by atoms with Crippen LogP contribution in [0.1, 0.15) is 63.5 Å². The van der Waals surface area contributed by atoms with Gasteiger partial charge in [0, 0.05) is 23.2 Å². The minimum Gasteiger partial charge on any atom is -0.424 e. The van der Waals surface area contributed by atoms with Crippen LogP contribution in [0.25, 0.3) is 22.4 Å². The molecule has 6 atom stereocenters. The Balaban J connectivity index is 1.13. The number of aliphatic hydroxyl groups is 1. The monoisotopic (exact) mass is 518 g/mol.